The highest BCUT2D eigenvalue weighted by atomic mass is 19.2. The van der Waals surface area contributed by atoms with Crippen LogP contribution in [0.4, 0.5) is 13.2 Å². The van der Waals surface area contributed by atoms with Gasteiger partial charge in [0.2, 0.25) is 0 Å². The number of benzene rings is 2. The Morgan fingerprint density at radius 1 is 0.955 bits per heavy atom. The van der Waals surface area contributed by atoms with Gasteiger partial charge >= 0.3 is 0 Å². The zero-order valence-electron chi connectivity index (χ0n) is 12.5. The van der Waals surface area contributed by atoms with Gasteiger partial charge in [0.25, 0.3) is 0 Å². The molecule has 0 saturated carbocycles. The van der Waals surface area contributed by atoms with E-state index in [0.29, 0.717) is 17.7 Å². The molecular formula is C18H17F3O. The van der Waals surface area contributed by atoms with E-state index in [2.05, 4.69) is 0 Å². The molecule has 0 aliphatic rings. The van der Waals surface area contributed by atoms with Crippen molar-refractivity contribution < 1.29 is 17.9 Å². The summed E-state index contributed by atoms with van der Waals surface area (Å²) >= 11 is 0. The van der Waals surface area contributed by atoms with Crippen molar-refractivity contribution in [1.82, 2.24) is 0 Å². The fourth-order valence-corrected chi connectivity index (χ4v) is 2.15. The smallest absolute Gasteiger partial charge is 0.166 e. The summed E-state index contributed by atoms with van der Waals surface area (Å²) in [6.45, 7) is 1.93. The second kappa shape index (κ2) is 7.16. The predicted molar refractivity (Wildman–Crippen MR) is 82.4 cm³/mol. The Hall–Kier alpha value is -2.23. The summed E-state index contributed by atoms with van der Waals surface area (Å²) in [6, 6.07) is 9.82. The number of methoxy groups -OCH3 is 1. The van der Waals surface area contributed by atoms with E-state index in [1.54, 1.807) is 0 Å². The third-order valence-electron chi connectivity index (χ3n) is 3.36. The maximum atomic E-state index is 14.2. The molecular weight excluding hydrogens is 289 g/mol. The molecule has 22 heavy (non-hydrogen) atoms. The molecule has 0 aromatic heterocycles. The van der Waals surface area contributed by atoms with Crippen LogP contribution in [0, 0.1) is 5.82 Å². The van der Waals surface area contributed by atoms with Crippen molar-refractivity contribution >= 4 is 11.7 Å². The Labute approximate surface area is 128 Å². The number of hydrogen-bond acceptors (Lipinski definition) is 1. The van der Waals surface area contributed by atoms with Crippen LogP contribution in [0.3, 0.4) is 0 Å². The molecule has 1 nitrogen and oxygen atoms in total. The van der Waals surface area contributed by atoms with Gasteiger partial charge in [0.05, 0.1) is 7.11 Å². The average molecular weight is 306 g/mol. The van der Waals surface area contributed by atoms with E-state index in [4.69, 9.17) is 4.74 Å². The first-order chi connectivity index (χ1) is 10.6. The highest BCUT2D eigenvalue weighted by molar-refractivity contribution is 5.83. The third-order valence-corrected chi connectivity index (χ3v) is 3.36. The summed E-state index contributed by atoms with van der Waals surface area (Å²) in [5.41, 5.74) is 0.478. The van der Waals surface area contributed by atoms with E-state index in [-0.39, 0.29) is 11.1 Å². The second-order valence-electron chi connectivity index (χ2n) is 4.91. The Balaban J connectivity index is 2.35. The van der Waals surface area contributed by atoms with Gasteiger partial charge in [-0.1, -0.05) is 25.5 Å². The minimum absolute atomic E-state index is 0.0799. The van der Waals surface area contributed by atoms with Crippen molar-refractivity contribution in [1.29, 1.82) is 0 Å². The van der Waals surface area contributed by atoms with Gasteiger partial charge < -0.3 is 4.74 Å². The van der Waals surface area contributed by atoms with E-state index >= 15 is 0 Å². The summed E-state index contributed by atoms with van der Waals surface area (Å²) in [6.07, 6.45) is 1.35. The van der Waals surface area contributed by atoms with Crippen molar-refractivity contribution in [2.75, 3.05) is 7.11 Å². The van der Waals surface area contributed by atoms with Crippen molar-refractivity contribution in [2.45, 2.75) is 19.8 Å². The Morgan fingerprint density at radius 3 is 2.09 bits per heavy atom. The van der Waals surface area contributed by atoms with Gasteiger partial charge in [0.15, 0.2) is 11.7 Å². The van der Waals surface area contributed by atoms with Gasteiger partial charge in [-0.15, -0.1) is 0 Å². The molecule has 2 aromatic rings. The molecule has 0 aliphatic carbocycles. The van der Waals surface area contributed by atoms with Gasteiger partial charge in [-0.3, -0.25) is 0 Å². The second-order valence-corrected chi connectivity index (χ2v) is 4.91. The predicted octanol–water partition coefficient (Wildman–Crippen LogP) is 5.55. The van der Waals surface area contributed by atoms with E-state index in [9.17, 15) is 13.2 Å². The SMILES string of the molecule is CCCc1ccc(/C(F)=C(\F)c2ccc(OC)cc2)cc1F. The average Bonchev–Trinajstić information content (AvgIpc) is 2.55. The topological polar surface area (TPSA) is 9.23 Å². The first kappa shape index (κ1) is 16.1. The standard InChI is InChI=1S/C18H17F3O/c1-3-4-12-5-6-14(11-16(12)19)18(21)17(20)13-7-9-15(22-2)10-8-13/h5-11H,3-4H2,1-2H3/b18-17+. The quantitative estimate of drug-likeness (QED) is 0.658. The maximum Gasteiger partial charge on any atom is 0.166 e. The number of hydrogen-bond donors (Lipinski definition) is 0. The van der Waals surface area contributed by atoms with Crippen LogP contribution in [0.5, 0.6) is 5.75 Å². The van der Waals surface area contributed by atoms with Crippen LogP contribution >= 0.6 is 0 Å². The molecule has 0 radical (unpaired) electrons. The van der Waals surface area contributed by atoms with Crippen LogP contribution in [0.25, 0.3) is 11.7 Å². The molecule has 2 rings (SSSR count). The van der Waals surface area contributed by atoms with Crippen molar-refractivity contribution in [3.63, 3.8) is 0 Å². The van der Waals surface area contributed by atoms with Gasteiger partial charge in [0, 0.05) is 11.1 Å². The normalized spacial score (nSPS) is 12.0. The molecule has 116 valence electrons. The zero-order valence-corrected chi connectivity index (χ0v) is 12.5. The molecule has 0 unspecified atom stereocenters. The molecule has 0 atom stereocenters. The minimum Gasteiger partial charge on any atom is -0.497 e. The van der Waals surface area contributed by atoms with Crippen LogP contribution < -0.4 is 4.74 Å². The molecule has 0 spiro atoms. The number of rotatable bonds is 5. The summed E-state index contributed by atoms with van der Waals surface area (Å²) in [7, 11) is 1.49. The summed E-state index contributed by atoms with van der Waals surface area (Å²) in [5.74, 6) is -2.07. The van der Waals surface area contributed by atoms with Crippen molar-refractivity contribution in [3.05, 3.63) is 65.0 Å². The highest BCUT2D eigenvalue weighted by Gasteiger charge is 2.13. The Kier molecular flexibility index (Phi) is 5.26. The first-order valence-electron chi connectivity index (χ1n) is 7.05. The lowest BCUT2D eigenvalue weighted by molar-refractivity contribution is 0.414. The molecule has 0 amide bonds. The van der Waals surface area contributed by atoms with Crippen LogP contribution in [-0.4, -0.2) is 7.11 Å². The van der Waals surface area contributed by atoms with E-state index in [0.717, 1.165) is 12.5 Å². The lowest BCUT2D eigenvalue weighted by atomic mass is 10.0. The minimum atomic E-state index is -1.08. The molecule has 0 saturated heterocycles. The maximum absolute atomic E-state index is 14.2. The molecule has 2 aromatic carbocycles. The number of aryl methyl sites for hydroxylation is 1. The number of halogens is 3. The van der Waals surface area contributed by atoms with E-state index < -0.39 is 17.5 Å². The van der Waals surface area contributed by atoms with Gasteiger partial charge in [0.1, 0.15) is 11.6 Å². The Bertz CT molecular complexity index is 675. The zero-order chi connectivity index (χ0) is 16.1. The van der Waals surface area contributed by atoms with Gasteiger partial charge in [-0.2, -0.15) is 0 Å². The van der Waals surface area contributed by atoms with Crippen LogP contribution in [0.15, 0.2) is 42.5 Å². The van der Waals surface area contributed by atoms with Crippen LogP contribution in [0.1, 0.15) is 30.0 Å². The van der Waals surface area contributed by atoms with Gasteiger partial charge in [-0.25, -0.2) is 13.2 Å². The van der Waals surface area contributed by atoms with E-state index in [1.165, 1.54) is 43.5 Å². The summed E-state index contributed by atoms with van der Waals surface area (Å²) in [4.78, 5) is 0. The molecule has 0 bridgehead atoms. The molecule has 0 aliphatic heterocycles. The lowest BCUT2D eigenvalue weighted by Gasteiger charge is -2.06. The number of ether oxygens (including phenoxy) is 1. The largest absolute Gasteiger partial charge is 0.497 e. The summed E-state index contributed by atoms with van der Waals surface area (Å²) < 4.78 is 47.2. The fourth-order valence-electron chi connectivity index (χ4n) is 2.15. The van der Waals surface area contributed by atoms with Crippen LogP contribution in [0.2, 0.25) is 0 Å². The fraction of sp³-hybridized carbons (Fsp3) is 0.222. The molecule has 0 fully saturated rings. The third kappa shape index (κ3) is 3.50. The van der Waals surface area contributed by atoms with Crippen LogP contribution in [-0.2, 0) is 6.42 Å². The Morgan fingerprint density at radius 2 is 1.55 bits per heavy atom. The monoisotopic (exact) mass is 306 g/mol. The van der Waals surface area contributed by atoms with Crippen molar-refractivity contribution in [2.24, 2.45) is 0 Å². The lowest BCUT2D eigenvalue weighted by Crippen LogP contribution is -1.92. The highest BCUT2D eigenvalue weighted by Crippen LogP contribution is 2.30. The molecule has 0 heterocycles. The van der Waals surface area contributed by atoms with Crippen molar-refractivity contribution in [3.8, 4) is 5.75 Å². The first-order valence-corrected chi connectivity index (χ1v) is 7.05. The molecule has 0 N–H and O–H groups in total. The summed E-state index contributed by atoms with van der Waals surface area (Å²) in [5, 5.41) is 0. The molecule has 4 heteroatoms. The van der Waals surface area contributed by atoms with E-state index in [1.807, 2.05) is 6.92 Å². The van der Waals surface area contributed by atoms with Gasteiger partial charge in [-0.05, 0) is 42.3 Å².